The lowest BCUT2D eigenvalue weighted by Gasteiger charge is -2.38. The van der Waals surface area contributed by atoms with Gasteiger partial charge in [-0.3, -0.25) is 14.4 Å². The van der Waals surface area contributed by atoms with Gasteiger partial charge in [-0.25, -0.2) is 0 Å². The first kappa shape index (κ1) is 19.7. The van der Waals surface area contributed by atoms with Crippen molar-refractivity contribution in [2.75, 3.05) is 13.1 Å². The van der Waals surface area contributed by atoms with Crippen LogP contribution in [0.5, 0.6) is 0 Å². The summed E-state index contributed by atoms with van der Waals surface area (Å²) in [5.74, 6) is -0.743. The van der Waals surface area contributed by atoms with Gasteiger partial charge in [0, 0.05) is 26.1 Å². The highest BCUT2D eigenvalue weighted by molar-refractivity contribution is 5.90. The average Bonchev–Trinajstić information content (AvgIpc) is 2.36. The molecule has 3 amide bonds. The lowest BCUT2D eigenvalue weighted by atomic mass is 9.92. The molecule has 0 aromatic carbocycles. The zero-order chi connectivity index (χ0) is 15.3. The van der Waals surface area contributed by atoms with E-state index >= 15 is 0 Å². The lowest BCUT2D eigenvalue weighted by Crippen LogP contribution is -2.52. The largest absolute Gasteiger partial charge is 0.368 e. The maximum atomic E-state index is 12.3. The monoisotopic (exact) mass is 320 g/mol. The minimum atomic E-state index is -0.960. The number of carbonyl (C=O) groups excluding carboxylic acids is 3. The third-order valence-electron chi connectivity index (χ3n) is 3.67. The summed E-state index contributed by atoms with van der Waals surface area (Å²) in [4.78, 5) is 36.3. The predicted octanol–water partition coefficient (Wildman–Crippen LogP) is -0.626. The molecule has 0 radical (unpaired) electrons. The minimum Gasteiger partial charge on any atom is -0.368 e. The van der Waals surface area contributed by atoms with E-state index < -0.39 is 11.9 Å². The Bertz CT molecular complexity index is 392. The molecule has 0 spiro atoms. The maximum absolute atomic E-state index is 12.3. The van der Waals surface area contributed by atoms with Crippen LogP contribution in [0.4, 0.5) is 0 Å². The van der Waals surface area contributed by atoms with E-state index in [1.807, 2.05) is 0 Å². The molecule has 2 unspecified atom stereocenters. The molecule has 0 aromatic rings. The van der Waals surface area contributed by atoms with Crippen molar-refractivity contribution in [3.05, 3.63) is 0 Å². The van der Waals surface area contributed by atoms with E-state index in [2.05, 4.69) is 12.2 Å². The molecule has 122 valence electrons. The molecule has 21 heavy (non-hydrogen) atoms. The first-order chi connectivity index (χ1) is 9.35. The fourth-order valence-corrected chi connectivity index (χ4v) is 2.56. The summed E-state index contributed by atoms with van der Waals surface area (Å²) in [6.45, 7) is 4.45. The summed E-state index contributed by atoms with van der Waals surface area (Å²) >= 11 is 0. The minimum absolute atomic E-state index is 0. The second-order valence-corrected chi connectivity index (χ2v) is 5.47. The molecule has 1 saturated heterocycles. The molecular weight excluding hydrogens is 296 g/mol. The molecule has 1 aliphatic heterocycles. The molecule has 5 N–H and O–H groups in total. The molecule has 1 fully saturated rings. The van der Waals surface area contributed by atoms with Gasteiger partial charge < -0.3 is 21.7 Å². The Morgan fingerprint density at radius 3 is 2.48 bits per heavy atom. The van der Waals surface area contributed by atoms with Crippen LogP contribution in [0.2, 0.25) is 0 Å². The normalized spacial score (nSPS) is 22.9. The number of likely N-dealkylation sites (tertiary alicyclic amines) is 1. The highest BCUT2D eigenvalue weighted by atomic mass is 35.5. The number of piperidine rings is 1. The molecule has 0 aromatic heterocycles. The van der Waals surface area contributed by atoms with Gasteiger partial charge in [0.2, 0.25) is 17.7 Å². The van der Waals surface area contributed by atoms with Crippen molar-refractivity contribution in [2.24, 2.45) is 17.4 Å². The number of nitrogens with zero attached hydrogens (tertiary/aromatic N) is 1. The Kier molecular flexibility index (Phi) is 8.27. The van der Waals surface area contributed by atoms with Crippen LogP contribution >= 0.6 is 12.4 Å². The third-order valence-corrected chi connectivity index (χ3v) is 3.67. The lowest BCUT2D eigenvalue weighted by molar-refractivity contribution is -0.138. The van der Waals surface area contributed by atoms with E-state index in [4.69, 9.17) is 11.5 Å². The van der Waals surface area contributed by atoms with E-state index in [0.717, 1.165) is 12.8 Å². The van der Waals surface area contributed by atoms with Crippen molar-refractivity contribution in [1.29, 1.82) is 0 Å². The number of halogens is 1. The van der Waals surface area contributed by atoms with Gasteiger partial charge in [0.05, 0.1) is 6.42 Å². The van der Waals surface area contributed by atoms with E-state index in [-0.39, 0.29) is 36.7 Å². The van der Waals surface area contributed by atoms with Gasteiger partial charge >= 0.3 is 0 Å². The van der Waals surface area contributed by atoms with Gasteiger partial charge in [0.15, 0.2) is 0 Å². The number of carbonyl (C=O) groups is 3. The second-order valence-electron chi connectivity index (χ2n) is 5.47. The molecule has 1 heterocycles. The number of amides is 3. The number of primary amides is 1. The smallest absolute Gasteiger partial charge is 0.240 e. The number of hydrogen-bond acceptors (Lipinski definition) is 4. The van der Waals surface area contributed by atoms with Gasteiger partial charge in [-0.1, -0.05) is 6.92 Å². The number of hydrogen-bond donors (Lipinski definition) is 3. The van der Waals surface area contributed by atoms with Crippen molar-refractivity contribution in [1.82, 2.24) is 10.2 Å². The van der Waals surface area contributed by atoms with Crippen molar-refractivity contribution < 1.29 is 14.4 Å². The van der Waals surface area contributed by atoms with Crippen molar-refractivity contribution in [3.63, 3.8) is 0 Å². The predicted molar refractivity (Wildman–Crippen MR) is 81.6 cm³/mol. The molecule has 8 heteroatoms. The fourth-order valence-electron chi connectivity index (χ4n) is 2.56. The summed E-state index contributed by atoms with van der Waals surface area (Å²) in [6, 6.07) is -0.963. The van der Waals surface area contributed by atoms with Crippen LogP contribution in [0.1, 0.15) is 33.1 Å². The number of rotatable bonds is 5. The van der Waals surface area contributed by atoms with Gasteiger partial charge in [0.25, 0.3) is 0 Å². The number of nitrogens with two attached hydrogens (primary N) is 2. The molecule has 0 saturated carbocycles. The molecule has 7 nitrogen and oxygen atoms in total. The first-order valence-electron chi connectivity index (χ1n) is 6.91. The quantitative estimate of drug-likeness (QED) is 0.625. The summed E-state index contributed by atoms with van der Waals surface area (Å²) in [5.41, 5.74) is 10.9. The Morgan fingerprint density at radius 1 is 1.38 bits per heavy atom. The molecule has 1 aliphatic rings. The van der Waals surface area contributed by atoms with Crippen molar-refractivity contribution in [3.8, 4) is 0 Å². The van der Waals surface area contributed by atoms with Crippen LogP contribution in [0.15, 0.2) is 0 Å². The van der Waals surface area contributed by atoms with Crippen LogP contribution in [0.25, 0.3) is 0 Å². The summed E-state index contributed by atoms with van der Waals surface area (Å²) in [5, 5.41) is 2.40. The Hall–Kier alpha value is -1.34. The van der Waals surface area contributed by atoms with E-state index in [1.165, 1.54) is 6.92 Å². The Labute approximate surface area is 131 Å². The van der Waals surface area contributed by atoms with Gasteiger partial charge in [-0.2, -0.15) is 0 Å². The molecule has 0 aliphatic carbocycles. The SMILES string of the molecule is CC(=O)N[C@@H](CC(=O)N1CCC(C)CC1CN)C(N)=O.Cl. The van der Waals surface area contributed by atoms with Gasteiger partial charge in [-0.15, -0.1) is 12.4 Å². The highest BCUT2D eigenvalue weighted by Crippen LogP contribution is 2.22. The zero-order valence-electron chi connectivity index (χ0n) is 12.5. The van der Waals surface area contributed by atoms with E-state index in [0.29, 0.717) is 19.0 Å². The van der Waals surface area contributed by atoms with Gasteiger partial charge in [-0.05, 0) is 18.8 Å². The fraction of sp³-hybridized carbons (Fsp3) is 0.769. The molecule has 1 rings (SSSR count). The Balaban J connectivity index is 0.00000400. The summed E-state index contributed by atoms with van der Waals surface area (Å²) in [7, 11) is 0. The van der Waals surface area contributed by atoms with Crippen LogP contribution in [-0.4, -0.2) is 47.8 Å². The molecular formula is C13H25ClN4O3. The van der Waals surface area contributed by atoms with Crippen LogP contribution in [0.3, 0.4) is 0 Å². The van der Waals surface area contributed by atoms with Gasteiger partial charge in [0.1, 0.15) is 6.04 Å². The zero-order valence-corrected chi connectivity index (χ0v) is 13.3. The van der Waals surface area contributed by atoms with Crippen LogP contribution in [0, 0.1) is 5.92 Å². The second kappa shape index (κ2) is 8.84. The van der Waals surface area contributed by atoms with Crippen LogP contribution in [-0.2, 0) is 14.4 Å². The topological polar surface area (TPSA) is 119 Å². The van der Waals surface area contributed by atoms with Crippen molar-refractivity contribution in [2.45, 2.75) is 45.2 Å². The maximum Gasteiger partial charge on any atom is 0.240 e. The standard InChI is InChI=1S/C13H24N4O3.ClH/c1-8-3-4-17(10(5-8)7-14)12(19)6-11(13(15)20)16-9(2)18;/h8,10-11H,3-7,14H2,1-2H3,(H2,15,20)(H,16,18);1H/t8?,10?,11-;/m0./s1. The molecule has 0 bridgehead atoms. The summed E-state index contributed by atoms with van der Waals surface area (Å²) < 4.78 is 0. The Morgan fingerprint density at radius 2 is 2.00 bits per heavy atom. The van der Waals surface area contributed by atoms with Crippen molar-refractivity contribution >= 4 is 30.1 Å². The highest BCUT2D eigenvalue weighted by Gasteiger charge is 2.31. The summed E-state index contributed by atoms with van der Waals surface area (Å²) in [6.07, 6.45) is 1.67. The number of nitrogens with one attached hydrogen (secondary N) is 1. The van der Waals surface area contributed by atoms with E-state index in [9.17, 15) is 14.4 Å². The molecule has 3 atom stereocenters. The first-order valence-corrected chi connectivity index (χ1v) is 6.91. The van der Waals surface area contributed by atoms with Crippen LogP contribution < -0.4 is 16.8 Å². The van der Waals surface area contributed by atoms with E-state index in [1.54, 1.807) is 4.90 Å². The third kappa shape index (κ3) is 5.89. The average molecular weight is 321 g/mol.